The zero-order valence-electron chi connectivity index (χ0n) is 13.1. The Balaban J connectivity index is 1.64. The van der Waals surface area contributed by atoms with Crippen molar-refractivity contribution in [1.82, 2.24) is 15.3 Å². The first-order valence-corrected chi connectivity index (χ1v) is 7.73. The Labute approximate surface area is 135 Å². The Morgan fingerprint density at radius 1 is 1.13 bits per heavy atom. The van der Waals surface area contributed by atoms with Crippen LogP contribution in [-0.4, -0.2) is 15.9 Å². The molecule has 3 rings (SSSR count). The number of pyridine rings is 2. The lowest BCUT2D eigenvalue weighted by atomic mass is 10.0. The fourth-order valence-corrected chi connectivity index (χ4v) is 2.64. The molecular weight excluding hydrogens is 286 g/mol. The van der Waals surface area contributed by atoms with E-state index in [9.17, 15) is 4.79 Å². The molecular formula is C19H19N3O. The summed E-state index contributed by atoms with van der Waals surface area (Å²) in [5, 5.41) is 4.11. The largest absolute Gasteiger partial charge is 0.352 e. The molecule has 2 aromatic heterocycles. The predicted octanol–water partition coefficient (Wildman–Crippen LogP) is 3.19. The van der Waals surface area contributed by atoms with Gasteiger partial charge in [-0.15, -0.1) is 0 Å². The van der Waals surface area contributed by atoms with Gasteiger partial charge in [-0.1, -0.05) is 18.2 Å². The molecule has 0 bridgehead atoms. The third-order valence-corrected chi connectivity index (χ3v) is 3.96. The van der Waals surface area contributed by atoms with E-state index >= 15 is 0 Å². The Kier molecular flexibility index (Phi) is 4.62. The van der Waals surface area contributed by atoms with Crippen molar-refractivity contribution in [1.29, 1.82) is 0 Å². The van der Waals surface area contributed by atoms with Gasteiger partial charge in [0.2, 0.25) is 5.91 Å². The first kappa shape index (κ1) is 15.2. The summed E-state index contributed by atoms with van der Waals surface area (Å²) in [4.78, 5) is 20.5. The average molecular weight is 305 g/mol. The lowest BCUT2D eigenvalue weighted by Crippen LogP contribution is -2.23. The van der Waals surface area contributed by atoms with Crippen molar-refractivity contribution in [2.24, 2.45) is 0 Å². The second-order valence-corrected chi connectivity index (χ2v) is 5.57. The van der Waals surface area contributed by atoms with E-state index in [0.29, 0.717) is 19.4 Å². The van der Waals surface area contributed by atoms with E-state index in [0.717, 1.165) is 27.6 Å². The summed E-state index contributed by atoms with van der Waals surface area (Å²) in [6.45, 7) is 2.59. The predicted molar refractivity (Wildman–Crippen MR) is 90.9 cm³/mol. The van der Waals surface area contributed by atoms with E-state index in [1.165, 1.54) is 0 Å². The summed E-state index contributed by atoms with van der Waals surface area (Å²) in [7, 11) is 0. The SMILES string of the molecule is Cc1ccc2ncccc2c1CNC(=O)CCc1cccnc1. The van der Waals surface area contributed by atoms with E-state index in [1.54, 1.807) is 18.6 Å². The standard InChI is InChI=1S/C19H19N3O/c1-14-6-8-18-16(5-3-11-21-18)17(14)13-22-19(23)9-7-15-4-2-10-20-12-15/h2-6,8,10-12H,7,9,13H2,1H3,(H,22,23). The van der Waals surface area contributed by atoms with Crippen LogP contribution in [0, 0.1) is 6.92 Å². The van der Waals surface area contributed by atoms with E-state index in [4.69, 9.17) is 0 Å². The summed E-state index contributed by atoms with van der Waals surface area (Å²) in [6, 6.07) is 11.9. The van der Waals surface area contributed by atoms with Gasteiger partial charge < -0.3 is 5.32 Å². The summed E-state index contributed by atoms with van der Waals surface area (Å²) >= 11 is 0. The molecule has 0 aliphatic heterocycles. The maximum atomic E-state index is 12.1. The van der Waals surface area contributed by atoms with Gasteiger partial charge >= 0.3 is 0 Å². The van der Waals surface area contributed by atoms with Crippen molar-refractivity contribution < 1.29 is 4.79 Å². The molecule has 4 nitrogen and oxygen atoms in total. The fourth-order valence-electron chi connectivity index (χ4n) is 2.64. The molecule has 0 fully saturated rings. The van der Waals surface area contributed by atoms with Crippen molar-refractivity contribution >= 4 is 16.8 Å². The van der Waals surface area contributed by atoms with Crippen LogP contribution in [0.25, 0.3) is 10.9 Å². The molecule has 2 heterocycles. The molecule has 0 spiro atoms. The molecule has 3 aromatic rings. The summed E-state index contributed by atoms with van der Waals surface area (Å²) in [5.74, 6) is 0.0501. The highest BCUT2D eigenvalue weighted by Gasteiger charge is 2.08. The lowest BCUT2D eigenvalue weighted by Gasteiger charge is -2.11. The minimum absolute atomic E-state index is 0.0501. The van der Waals surface area contributed by atoms with Crippen molar-refractivity contribution in [3.63, 3.8) is 0 Å². The third kappa shape index (κ3) is 3.72. The molecule has 0 unspecified atom stereocenters. The van der Waals surface area contributed by atoms with E-state index in [-0.39, 0.29) is 5.91 Å². The first-order valence-electron chi connectivity index (χ1n) is 7.73. The van der Waals surface area contributed by atoms with Gasteiger partial charge in [-0.2, -0.15) is 0 Å². The van der Waals surface area contributed by atoms with Crippen LogP contribution in [0.4, 0.5) is 0 Å². The minimum Gasteiger partial charge on any atom is -0.352 e. The van der Waals surface area contributed by atoms with Crippen LogP contribution < -0.4 is 5.32 Å². The molecule has 23 heavy (non-hydrogen) atoms. The van der Waals surface area contributed by atoms with Gasteiger partial charge in [0.05, 0.1) is 5.52 Å². The van der Waals surface area contributed by atoms with Gasteiger partial charge in [-0.25, -0.2) is 0 Å². The molecule has 0 atom stereocenters. The number of aryl methyl sites for hydroxylation is 2. The molecule has 1 aromatic carbocycles. The van der Waals surface area contributed by atoms with Crippen LogP contribution in [0.1, 0.15) is 23.1 Å². The number of amides is 1. The number of nitrogens with one attached hydrogen (secondary N) is 1. The zero-order chi connectivity index (χ0) is 16.1. The zero-order valence-corrected chi connectivity index (χ0v) is 13.1. The highest BCUT2D eigenvalue weighted by molar-refractivity contribution is 5.84. The average Bonchev–Trinajstić information content (AvgIpc) is 2.60. The van der Waals surface area contributed by atoms with E-state index in [2.05, 4.69) is 22.2 Å². The highest BCUT2D eigenvalue weighted by Crippen LogP contribution is 2.20. The smallest absolute Gasteiger partial charge is 0.220 e. The molecule has 116 valence electrons. The minimum atomic E-state index is 0.0501. The van der Waals surface area contributed by atoms with Crippen LogP contribution in [0.15, 0.2) is 55.0 Å². The number of carbonyl (C=O) groups excluding carboxylic acids is 1. The first-order chi connectivity index (χ1) is 11.2. The van der Waals surface area contributed by atoms with Crippen molar-refractivity contribution in [3.8, 4) is 0 Å². The molecule has 1 N–H and O–H groups in total. The Hall–Kier alpha value is -2.75. The highest BCUT2D eigenvalue weighted by atomic mass is 16.1. The molecule has 0 aliphatic rings. The van der Waals surface area contributed by atoms with Crippen LogP contribution in [-0.2, 0) is 17.8 Å². The lowest BCUT2D eigenvalue weighted by molar-refractivity contribution is -0.121. The quantitative estimate of drug-likeness (QED) is 0.787. The Morgan fingerprint density at radius 2 is 2.00 bits per heavy atom. The van der Waals surface area contributed by atoms with Gasteiger partial charge in [-0.05, 0) is 48.2 Å². The molecule has 4 heteroatoms. The Bertz CT molecular complexity index is 815. The number of nitrogens with zero attached hydrogens (tertiary/aromatic N) is 2. The second-order valence-electron chi connectivity index (χ2n) is 5.57. The van der Waals surface area contributed by atoms with Crippen LogP contribution in [0.5, 0.6) is 0 Å². The topological polar surface area (TPSA) is 54.9 Å². The van der Waals surface area contributed by atoms with E-state index < -0.39 is 0 Å². The molecule has 0 saturated heterocycles. The monoisotopic (exact) mass is 305 g/mol. The van der Waals surface area contributed by atoms with Gasteiger partial charge in [0, 0.05) is 36.9 Å². The van der Waals surface area contributed by atoms with Crippen molar-refractivity contribution in [2.75, 3.05) is 0 Å². The van der Waals surface area contributed by atoms with Crippen LogP contribution in [0.3, 0.4) is 0 Å². The number of fused-ring (bicyclic) bond motifs is 1. The fraction of sp³-hybridized carbons (Fsp3) is 0.211. The number of hydrogen-bond donors (Lipinski definition) is 1. The van der Waals surface area contributed by atoms with E-state index in [1.807, 2.05) is 36.4 Å². The number of benzene rings is 1. The number of carbonyl (C=O) groups is 1. The van der Waals surface area contributed by atoms with Gasteiger partial charge in [0.25, 0.3) is 0 Å². The van der Waals surface area contributed by atoms with Crippen molar-refractivity contribution in [3.05, 3.63) is 71.7 Å². The van der Waals surface area contributed by atoms with Crippen LogP contribution >= 0.6 is 0 Å². The number of aromatic nitrogens is 2. The van der Waals surface area contributed by atoms with Gasteiger partial charge in [-0.3, -0.25) is 14.8 Å². The summed E-state index contributed by atoms with van der Waals surface area (Å²) < 4.78 is 0. The van der Waals surface area contributed by atoms with Crippen LogP contribution in [0.2, 0.25) is 0 Å². The Morgan fingerprint density at radius 3 is 2.83 bits per heavy atom. The molecule has 0 radical (unpaired) electrons. The maximum Gasteiger partial charge on any atom is 0.220 e. The number of hydrogen-bond acceptors (Lipinski definition) is 3. The molecule has 1 amide bonds. The normalized spacial score (nSPS) is 10.7. The third-order valence-electron chi connectivity index (χ3n) is 3.96. The number of rotatable bonds is 5. The summed E-state index contributed by atoms with van der Waals surface area (Å²) in [6.07, 6.45) is 6.49. The van der Waals surface area contributed by atoms with Gasteiger partial charge in [0.1, 0.15) is 0 Å². The second kappa shape index (κ2) is 7.01. The van der Waals surface area contributed by atoms with Gasteiger partial charge in [0.15, 0.2) is 0 Å². The van der Waals surface area contributed by atoms with Crippen molar-refractivity contribution in [2.45, 2.75) is 26.3 Å². The maximum absolute atomic E-state index is 12.1. The molecule has 0 saturated carbocycles. The molecule has 0 aliphatic carbocycles. The summed E-state index contributed by atoms with van der Waals surface area (Å²) in [5.41, 5.74) is 4.33.